The molecule has 2 fully saturated rings. The van der Waals surface area contributed by atoms with Crippen LogP contribution in [0.4, 0.5) is 17.6 Å². The predicted octanol–water partition coefficient (Wildman–Crippen LogP) is 4.85. The van der Waals surface area contributed by atoms with Crippen LogP contribution in [0.3, 0.4) is 0 Å². The first kappa shape index (κ1) is 30.5. The van der Waals surface area contributed by atoms with Crippen LogP contribution < -0.4 is 15.5 Å². The van der Waals surface area contributed by atoms with Crippen LogP contribution in [-0.4, -0.2) is 86.9 Å². The Morgan fingerprint density at radius 3 is 1.91 bits per heavy atom. The van der Waals surface area contributed by atoms with Crippen molar-refractivity contribution in [3.8, 4) is 22.8 Å². The molecule has 7 rings (SSSR count). The molecule has 226 valence electrons. The molecule has 2 aliphatic rings. The second-order valence-corrected chi connectivity index (χ2v) is 10.3. The molecule has 0 unspecified atom stereocenters. The first-order valence-electron chi connectivity index (χ1n) is 14.1. The number of nitrogen functional groups attached to an aromatic ring is 1. The molecule has 12 nitrogen and oxygen atoms in total. The van der Waals surface area contributed by atoms with Crippen LogP contribution in [0.15, 0.2) is 55.1 Å². The van der Waals surface area contributed by atoms with Crippen molar-refractivity contribution in [1.29, 1.82) is 0 Å². The van der Waals surface area contributed by atoms with E-state index < -0.39 is 0 Å². The number of nitrogens with zero attached hydrogens (tertiary/aromatic N) is 8. The van der Waals surface area contributed by atoms with E-state index in [2.05, 4.69) is 34.7 Å². The summed E-state index contributed by atoms with van der Waals surface area (Å²) in [7, 11) is 0. The summed E-state index contributed by atoms with van der Waals surface area (Å²) in [6, 6.07) is 9.22. The molecule has 0 spiro atoms. The van der Waals surface area contributed by atoms with Gasteiger partial charge in [-0.15, -0.1) is 0 Å². The zero-order chi connectivity index (χ0) is 30.2. The number of nitrogens with two attached hydrogens (primary N) is 1. The quantitative estimate of drug-likeness (QED) is 0.285. The summed E-state index contributed by atoms with van der Waals surface area (Å²) < 4.78 is 12.6. The maximum Gasteiger partial charge on any atom is 0.234 e. The van der Waals surface area contributed by atoms with Crippen LogP contribution in [0.25, 0.3) is 28.6 Å². The lowest BCUT2D eigenvalue weighted by molar-refractivity contribution is 0.122. The van der Waals surface area contributed by atoms with Gasteiger partial charge in [0.05, 0.1) is 49.7 Å². The number of nitrogens with one attached hydrogen (secondary N) is 1. The Balaban J connectivity index is 0.000000164. The van der Waals surface area contributed by atoms with E-state index in [1.54, 1.807) is 18.5 Å². The van der Waals surface area contributed by atoms with Crippen molar-refractivity contribution in [3.63, 3.8) is 0 Å². The molecule has 14 heteroatoms. The van der Waals surface area contributed by atoms with Crippen molar-refractivity contribution in [2.24, 2.45) is 0 Å². The minimum absolute atomic E-state index is 0.365. The van der Waals surface area contributed by atoms with Crippen LogP contribution in [0.5, 0.6) is 0 Å². The molecule has 5 aromatic rings. The van der Waals surface area contributed by atoms with E-state index in [-0.39, 0.29) is 0 Å². The van der Waals surface area contributed by atoms with Crippen molar-refractivity contribution in [3.05, 3.63) is 65.2 Å². The number of pyridine rings is 2. The van der Waals surface area contributed by atoms with Gasteiger partial charge in [-0.3, -0.25) is 4.40 Å². The topological polar surface area (TPSA) is 136 Å². The number of rotatable bonds is 4. The highest BCUT2D eigenvalue weighted by atomic mass is 35.5. The second-order valence-electron chi connectivity index (χ2n) is 9.39. The number of aromatic amines is 1. The highest BCUT2D eigenvalue weighted by molar-refractivity contribution is 6.31. The van der Waals surface area contributed by atoms with Crippen molar-refractivity contribution in [2.45, 2.75) is 13.8 Å². The SMILES string of the molecule is CC.Clc1cc(-c2cn3cccnc3n2)nc(N2CCOCC2)c1.Nc1ncc(-c2cc(Cl)cc(N3CCOCC3)n2)[nH]1. The molecule has 43 heavy (non-hydrogen) atoms. The molecule has 0 saturated carbocycles. The Bertz CT molecular complexity index is 1600. The molecule has 2 saturated heterocycles. The van der Waals surface area contributed by atoms with E-state index in [9.17, 15) is 0 Å². The fourth-order valence-corrected chi connectivity index (χ4v) is 4.97. The number of H-pyrrole nitrogens is 1. The number of halogens is 2. The fourth-order valence-electron chi connectivity index (χ4n) is 4.57. The van der Waals surface area contributed by atoms with E-state index in [1.807, 2.05) is 54.9 Å². The molecule has 0 aromatic carbocycles. The van der Waals surface area contributed by atoms with Gasteiger partial charge < -0.3 is 30.0 Å². The summed E-state index contributed by atoms with van der Waals surface area (Å²) in [5.74, 6) is 2.71. The number of fused-ring (bicyclic) bond motifs is 1. The first-order chi connectivity index (χ1) is 21.0. The van der Waals surface area contributed by atoms with E-state index in [1.165, 1.54) is 0 Å². The molecule has 0 atom stereocenters. The van der Waals surface area contributed by atoms with Gasteiger partial charge in [-0.2, -0.15) is 0 Å². The predicted molar refractivity (Wildman–Crippen MR) is 170 cm³/mol. The molecule has 5 aromatic heterocycles. The van der Waals surface area contributed by atoms with Gasteiger partial charge in [-0.1, -0.05) is 37.0 Å². The van der Waals surface area contributed by atoms with Gasteiger partial charge in [0.1, 0.15) is 17.3 Å². The number of imidazole rings is 2. The highest BCUT2D eigenvalue weighted by Gasteiger charge is 2.17. The molecule has 0 amide bonds. The van der Waals surface area contributed by atoms with Crippen LogP contribution in [0.2, 0.25) is 10.0 Å². The summed E-state index contributed by atoms with van der Waals surface area (Å²) in [6.45, 7) is 10.1. The maximum absolute atomic E-state index is 6.27. The van der Waals surface area contributed by atoms with Gasteiger partial charge in [-0.05, 0) is 30.3 Å². The normalized spacial score (nSPS) is 15.0. The molecule has 0 radical (unpaired) electrons. The van der Waals surface area contributed by atoms with Crippen LogP contribution in [0, 0.1) is 0 Å². The summed E-state index contributed by atoms with van der Waals surface area (Å²) in [5, 5.41) is 1.29. The standard InChI is InChI=1S/C15H14ClN5O.C12H14ClN5O.C2H6/c16-11-8-12(13-10-21-3-1-2-17-15(21)19-13)18-14(9-11)20-4-6-22-7-5-20;13-8-5-9(10-7-15-12(14)17-10)16-11(6-8)18-1-3-19-4-2-18;1-2/h1-3,8-10H,4-7H2;5-7H,1-4H2,(H3,14,15,17);1-2H3. The number of hydrogen-bond donors (Lipinski definition) is 2. The van der Waals surface area contributed by atoms with E-state index in [0.29, 0.717) is 48.2 Å². The lowest BCUT2D eigenvalue weighted by Crippen LogP contribution is -2.36. The average Bonchev–Trinajstić information content (AvgIpc) is 3.69. The van der Waals surface area contributed by atoms with Crippen molar-refractivity contribution in [1.82, 2.24) is 34.3 Å². The Kier molecular flexibility index (Phi) is 10.3. The van der Waals surface area contributed by atoms with Crippen LogP contribution >= 0.6 is 23.2 Å². The van der Waals surface area contributed by atoms with Gasteiger partial charge in [0.25, 0.3) is 0 Å². The molecular formula is C29H34Cl2N10O2. The van der Waals surface area contributed by atoms with Crippen LogP contribution in [0.1, 0.15) is 13.8 Å². The lowest BCUT2D eigenvalue weighted by atomic mass is 10.2. The number of hydrogen-bond acceptors (Lipinski definition) is 10. The number of aromatic nitrogens is 7. The zero-order valence-electron chi connectivity index (χ0n) is 24.1. The van der Waals surface area contributed by atoms with E-state index >= 15 is 0 Å². The van der Waals surface area contributed by atoms with Gasteiger partial charge in [-0.25, -0.2) is 24.9 Å². The third-order valence-electron chi connectivity index (χ3n) is 6.59. The van der Waals surface area contributed by atoms with Gasteiger partial charge in [0.2, 0.25) is 5.78 Å². The molecule has 0 bridgehead atoms. The Morgan fingerprint density at radius 2 is 1.35 bits per heavy atom. The minimum atomic E-state index is 0.365. The Labute approximate surface area is 259 Å². The summed E-state index contributed by atoms with van der Waals surface area (Å²) >= 11 is 12.4. The first-order valence-corrected chi connectivity index (χ1v) is 14.9. The second kappa shape index (κ2) is 14.5. The average molecular weight is 626 g/mol. The largest absolute Gasteiger partial charge is 0.378 e. The van der Waals surface area contributed by atoms with Crippen molar-refractivity contribution >= 4 is 46.6 Å². The monoisotopic (exact) mass is 624 g/mol. The van der Waals surface area contributed by atoms with Gasteiger partial charge >= 0.3 is 0 Å². The Morgan fingerprint density at radius 1 is 0.767 bits per heavy atom. The van der Waals surface area contributed by atoms with Crippen molar-refractivity contribution < 1.29 is 9.47 Å². The fraction of sp³-hybridized carbons (Fsp3) is 0.345. The summed E-state index contributed by atoms with van der Waals surface area (Å²) in [4.78, 5) is 29.3. The molecule has 7 heterocycles. The number of anilines is 3. The zero-order valence-corrected chi connectivity index (χ0v) is 25.6. The third-order valence-corrected chi connectivity index (χ3v) is 7.03. The Hall–Kier alpha value is -3.97. The van der Waals surface area contributed by atoms with Gasteiger partial charge in [0.15, 0.2) is 5.95 Å². The van der Waals surface area contributed by atoms with E-state index in [0.717, 1.165) is 60.6 Å². The van der Waals surface area contributed by atoms with Crippen molar-refractivity contribution in [2.75, 3.05) is 68.1 Å². The maximum atomic E-state index is 6.27. The minimum Gasteiger partial charge on any atom is -0.378 e. The van der Waals surface area contributed by atoms with Gasteiger partial charge in [0, 0.05) is 54.8 Å². The number of morpholine rings is 2. The molecular weight excluding hydrogens is 591 g/mol. The number of ether oxygens (including phenoxy) is 2. The molecule has 0 aliphatic carbocycles. The highest BCUT2D eigenvalue weighted by Crippen LogP contribution is 2.27. The summed E-state index contributed by atoms with van der Waals surface area (Å²) in [6.07, 6.45) is 7.18. The lowest BCUT2D eigenvalue weighted by Gasteiger charge is -2.28. The van der Waals surface area contributed by atoms with Crippen LogP contribution in [-0.2, 0) is 9.47 Å². The summed E-state index contributed by atoms with van der Waals surface area (Å²) in [5.41, 5.74) is 8.58. The third kappa shape index (κ3) is 7.71. The smallest absolute Gasteiger partial charge is 0.234 e. The molecule has 3 N–H and O–H groups in total. The molecule has 2 aliphatic heterocycles. The van der Waals surface area contributed by atoms with E-state index in [4.69, 9.17) is 43.4 Å².